The molecular formula is C14H10N6. The van der Waals surface area contributed by atoms with Crippen LogP contribution in [-0.4, -0.2) is 9.97 Å². The van der Waals surface area contributed by atoms with E-state index in [4.69, 9.17) is 15.8 Å². The van der Waals surface area contributed by atoms with Crippen molar-refractivity contribution in [3.8, 4) is 18.2 Å². The minimum Gasteiger partial charge on any atom is -0.345 e. The number of anilines is 1. The van der Waals surface area contributed by atoms with Crippen molar-refractivity contribution >= 4 is 16.7 Å². The van der Waals surface area contributed by atoms with E-state index in [1.807, 2.05) is 13.0 Å². The summed E-state index contributed by atoms with van der Waals surface area (Å²) in [4.78, 5) is 7.53. The highest BCUT2D eigenvalue weighted by molar-refractivity contribution is 5.80. The molecule has 0 atom stereocenters. The predicted octanol–water partition coefficient (Wildman–Crippen LogP) is 2.36. The third-order valence-electron chi connectivity index (χ3n) is 2.72. The van der Waals surface area contributed by atoms with Gasteiger partial charge in [-0.1, -0.05) is 6.92 Å². The summed E-state index contributed by atoms with van der Waals surface area (Å²) in [5.74, 6) is 0.878. The Hall–Kier alpha value is -3.30. The molecule has 0 aliphatic heterocycles. The number of imidazole rings is 1. The Morgan fingerprint density at radius 2 is 2.00 bits per heavy atom. The summed E-state index contributed by atoms with van der Waals surface area (Å²) >= 11 is 0. The standard InChI is InChI=1S/C14H10N6/c1-2-14-19-11-4-3-10(5-12(11)20-14)18-13(8-17)9(6-15)7-16/h3-5,18H,2H2,1H3,(H,19,20). The molecule has 0 aliphatic carbocycles. The van der Waals surface area contributed by atoms with Crippen LogP contribution in [0.15, 0.2) is 29.5 Å². The van der Waals surface area contributed by atoms with Crippen LogP contribution in [0.3, 0.4) is 0 Å². The molecule has 2 aromatic rings. The molecule has 6 nitrogen and oxygen atoms in total. The van der Waals surface area contributed by atoms with Gasteiger partial charge in [-0.05, 0) is 18.2 Å². The van der Waals surface area contributed by atoms with Crippen molar-refractivity contribution in [2.75, 3.05) is 5.32 Å². The molecule has 0 saturated carbocycles. The SMILES string of the molecule is CCc1nc2ccc(NC(C#N)=C(C#N)C#N)cc2[nH]1. The lowest BCUT2D eigenvalue weighted by Gasteiger charge is -2.03. The first kappa shape index (κ1) is 13.1. The van der Waals surface area contributed by atoms with E-state index in [1.165, 1.54) is 0 Å². The number of nitrogens with zero attached hydrogens (tertiary/aromatic N) is 4. The second-order valence-corrected chi connectivity index (χ2v) is 3.98. The molecule has 1 aromatic heterocycles. The normalized spacial score (nSPS) is 9.30. The van der Waals surface area contributed by atoms with Gasteiger partial charge in [0.15, 0.2) is 5.57 Å². The molecule has 0 fully saturated rings. The van der Waals surface area contributed by atoms with Crippen molar-refractivity contribution in [1.29, 1.82) is 15.8 Å². The number of aryl methyl sites for hydroxylation is 1. The van der Waals surface area contributed by atoms with Crippen LogP contribution in [0, 0.1) is 34.0 Å². The average molecular weight is 262 g/mol. The van der Waals surface area contributed by atoms with Crippen LogP contribution in [0.1, 0.15) is 12.7 Å². The lowest BCUT2D eigenvalue weighted by molar-refractivity contribution is 1.00. The molecule has 96 valence electrons. The Bertz CT molecular complexity index is 791. The quantitative estimate of drug-likeness (QED) is 0.824. The van der Waals surface area contributed by atoms with Crippen molar-refractivity contribution in [2.45, 2.75) is 13.3 Å². The van der Waals surface area contributed by atoms with Gasteiger partial charge in [0.25, 0.3) is 0 Å². The van der Waals surface area contributed by atoms with E-state index in [-0.39, 0.29) is 11.3 Å². The maximum Gasteiger partial charge on any atom is 0.163 e. The van der Waals surface area contributed by atoms with Crippen LogP contribution in [0.2, 0.25) is 0 Å². The van der Waals surface area contributed by atoms with E-state index in [0.29, 0.717) is 5.69 Å². The fourth-order valence-electron chi connectivity index (χ4n) is 1.74. The molecule has 2 rings (SSSR count). The number of H-pyrrole nitrogens is 1. The predicted molar refractivity (Wildman–Crippen MR) is 73.0 cm³/mol. The average Bonchev–Trinajstić information content (AvgIpc) is 2.89. The van der Waals surface area contributed by atoms with E-state index in [2.05, 4.69) is 15.3 Å². The fourth-order valence-corrected chi connectivity index (χ4v) is 1.74. The van der Waals surface area contributed by atoms with Gasteiger partial charge in [0.2, 0.25) is 0 Å². The molecule has 1 heterocycles. The highest BCUT2D eigenvalue weighted by Gasteiger charge is 2.07. The van der Waals surface area contributed by atoms with E-state index >= 15 is 0 Å². The molecule has 0 bridgehead atoms. The second kappa shape index (κ2) is 5.56. The topological polar surface area (TPSA) is 112 Å². The van der Waals surface area contributed by atoms with Gasteiger partial charge in [-0.25, -0.2) is 4.98 Å². The van der Waals surface area contributed by atoms with Crippen molar-refractivity contribution < 1.29 is 0 Å². The zero-order chi connectivity index (χ0) is 14.5. The number of nitriles is 3. The molecule has 20 heavy (non-hydrogen) atoms. The zero-order valence-electron chi connectivity index (χ0n) is 10.7. The Kier molecular flexibility index (Phi) is 3.65. The lowest BCUT2D eigenvalue weighted by Crippen LogP contribution is -2.00. The van der Waals surface area contributed by atoms with E-state index in [0.717, 1.165) is 23.3 Å². The molecule has 0 saturated heterocycles. The first-order chi connectivity index (χ1) is 9.71. The van der Waals surface area contributed by atoms with Gasteiger partial charge in [0.05, 0.1) is 11.0 Å². The van der Waals surface area contributed by atoms with Crippen molar-refractivity contribution in [3.63, 3.8) is 0 Å². The Morgan fingerprint density at radius 3 is 2.60 bits per heavy atom. The molecule has 0 radical (unpaired) electrons. The molecule has 6 heteroatoms. The van der Waals surface area contributed by atoms with Crippen LogP contribution in [0.25, 0.3) is 11.0 Å². The number of hydrogen-bond acceptors (Lipinski definition) is 5. The molecule has 0 aliphatic rings. The van der Waals surface area contributed by atoms with Gasteiger partial charge in [-0.2, -0.15) is 15.8 Å². The number of allylic oxidation sites excluding steroid dienone is 2. The molecule has 2 N–H and O–H groups in total. The largest absolute Gasteiger partial charge is 0.345 e. The van der Waals surface area contributed by atoms with Crippen LogP contribution in [-0.2, 0) is 6.42 Å². The lowest BCUT2D eigenvalue weighted by atomic mass is 10.2. The first-order valence-electron chi connectivity index (χ1n) is 5.92. The van der Waals surface area contributed by atoms with Crippen LogP contribution >= 0.6 is 0 Å². The smallest absolute Gasteiger partial charge is 0.163 e. The first-order valence-corrected chi connectivity index (χ1v) is 5.92. The highest BCUT2D eigenvalue weighted by Crippen LogP contribution is 2.19. The number of rotatable bonds is 3. The Balaban J connectivity index is 2.40. The number of benzene rings is 1. The summed E-state index contributed by atoms with van der Waals surface area (Å²) in [7, 11) is 0. The van der Waals surface area contributed by atoms with Gasteiger partial charge in [-0.15, -0.1) is 0 Å². The van der Waals surface area contributed by atoms with Gasteiger partial charge in [0, 0.05) is 12.1 Å². The molecule has 0 amide bonds. The third kappa shape index (κ3) is 2.43. The van der Waals surface area contributed by atoms with Crippen molar-refractivity contribution in [2.24, 2.45) is 0 Å². The number of nitrogens with one attached hydrogen (secondary N) is 2. The summed E-state index contributed by atoms with van der Waals surface area (Å²) < 4.78 is 0. The summed E-state index contributed by atoms with van der Waals surface area (Å²) in [5, 5.41) is 29.3. The van der Waals surface area contributed by atoms with Crippen molar-refractivity contribution in [1.82, 2.24) is 9.97 Å². The van der Waals surface area contributed by atoms with Crippen LogP contribution < -0.4 is 5.32 Å². The highest BCUT2D eigenvalue weighted by atomic mass is 14.9. The monoisotopic (exact) mass is 262 g/mol. The maximum absolute atomic E-state index is 8.98. The van der Waals surface area contributed by atoms with Gasteiger partial charge in [-0.3, -0.25) is 0 Å². The Morgan fingerprint density at radius 1 is 1.25 bits per heavy atom. The minimum atomic E-state index is -0.244. The summed E-state index contributed by atoms with van der Waals surface area (Å²) in [6.45, 7) is 2.00. The zero-order valence-corrected chi connectivity index (χ0v) is 10.7. The maximum atomic E-state index is 8.98. The number of aromatic amines is 1. The van der Waals surface area contributed by atoms with Gasteiger partial charge >= 0.3 is 0 Å². The van der Waals surface area contributed by atoms with Gasteiger partial charge in [0.1, 0.15) is 29.7 Å². The van der Waals surface area contributed by atoms with Crippen molar-refractivity contribution in [3.05, 3.63) is 35.3 Å². The summed E-state index contributed by atoms with van der Waals surface area (Å²) in [6.07, 6.45) is 0.799. The number of hydrogen-bond donors (Lipinski definition) is 2. The van der Waals surface area contributed by atoms with E-state index in [9.17, 15) is 0 Å². The van der Waals surface area contributed by atoms with Crippen LogP contribution in [0.5, 0.6) is 0 Å². The summed E-state index contributed by atoms with van der Waals surface area (Å²) in [6, 6.07) is 10.5. The molecule has 0 unspecified atom stereocenters. The van der Waals surface area contributed by atoms with E-state index < -0.39 is 0 Å². The molecule has 0 spiro atoms. The fraction of sp³-hybridized carbons (Fsp3) is 0.143. The number of fused-ring (bicyclic) bond motifs is 1. The minimum absolute atomic E-state index is 0.0652. The summed E-state index contributed by atoms with van der Waals surface area (Å²) in [5.41, 5.74) is 1.97. The Labute approximate surface area is 115 Å². The second-order valence-electron chi connectivity index (χ2n) is 3.98. The molecule has 1 aromatic carbocycles. The third-order valence-corrected chi connectivity index (χ3v) is 2.72. The molecular weight excluding hydrogens is 252 g/mol. The number of aromatic nitrogens is 2. The van der Waals surface area contributed by atoms with Crippen LogP contribution in [0.4, 0.5) is 5.69 Å². The van der Waals surface area contributed by atoms with Gasteiger partial charge < -0.3 is 10.3 Å². The van der Waals surface area contributed by atoms with E-state index in [1.54, 1.807) is 30.3 Å².